The third-order valence-corrected chi connectivity index (χ3v) is 4.91. The standard InChI is InChI=1S/C25H22N2O3/c1-27(16-18-9-4-2-5-10-18)22-14-8-13-20-23(15-21(25(28)29)26-24(20)22)30-17-19-11-6-3-7-12-19/h2-15H,16-17H2,1H3,(H,28,29). The van der Waals surface area contributed by atoms with Crippen molar-refractivity contribution >= 4 is 22.6 Å². The summed E-state index contributed by atoms with van der Waals surface area (Å²) in [5.41, 5.74) is 3.60. The highest BCUT2D eigenvalue weighted by Crippen LogP contribution is 2.33. The largest absolute Gasteiger partial charge is 0.488 e. The van der Waals surface area contributed by atoms with E-state index in [0.717, 1.165) is 22.2 Å². The van der Waals surface area contributed by atoms with Crippen LogP contribution in [0.4, 0.5) is 5.69 Å². The molecule has 5 nitrogen and oxygen atoms in total. The first-order valence-corrected chi connectivity index (χ1v) is 9.70. The third kappa shape index (κ3) is 4.25. The normalized spacial score (nSPS) is 10.7. The fourth-order valence-electron chi connectivity index (χ4n) is 3.42. The minimum absolute atomic E-state index is 0.0360. The van der Waals surface area contributed by atoms with Gasteiger partial charge in [-0.3, -0.25) is 0 Å². The zero-order valence-electron chi connectivity index (χ0n) is 16.7. The molecule has 0 saturated carbocycles. The minimum atomic E-state index is -1.08. The first-order valence-electron chi connectivity index (χ1n) is 9.70. The van der Waals surface area contributed by atoms with Gasteiger partial charge >= 0.3 is 5.97 Å². The number of ether oxygens (including phenoxy) is 1. The number of hydrogen-bond donors (Lipinski definition) is 1. The molecular weight excluding hydrogens is 376 g/mol. The van der Waals surface area contributed by atoms with Gasteiger partial charge in [-0.15, -0.1) is 0 Å². The number of nitrogens with zero attached hydrogens (tertiary/aromatic N) is 2. The first kappa shape index (κ1) is 19.5. The maximum atomic E-state index is 11.7. The van der Waals surface area contributed by atoms with E-state index in [2.05, 4.69) is 22.0 Å². The number of benzene rings is 3. The lowest BCUT2D eigenvalue weighted by molar-refractivity contribution is 0.0690. The van der Waals surface area contributed by atoms with Crippen LogP contribution < -0.4 is 9.64 Å². The SMILES string of the molecule is CN(Cc1ccccc1)c1cccc2c(OCc3ccccc3)cc(C(=O)O)nc12. The Hall–Kier alpha value is -3.86. The predicted molar refractivity (Wildman–Crippen MR) is 118 cm³/mol. The van der Waals surface area contributed by atoms with Crippen molar-refractivity contribution in [3.63, 3.8) is 0 Å². The maximum absolute atomic E-state index is 11.7. The predicted octanol–water partition coefficient (Wildman–Crippen LogP) is 5.15. The number of carboxylic acids is 1. The van der Waals surface area contributed by atoms with Crippen LogP contribution in [-0.2, 0) is 13.2 Å². The van der Waals surface area contributed by atoms with Crippen LogP contribution in [0.2, 0.25) is 0 Å². The molecule has 1 heterocycles. The van der Waals surface area contributed by atoms with Gasteiger partial charge in [0, 0.05) is 25.0 Å². The molecule has 0 radical (unpaired) electrons. The van der Waals surface area contributed by atoms with Crippen LogP contribution in [0, 0.1) is 0 Å². The van der Waals surface area contributed by atoms with E-state index in [1.807, 2.05) is 73.8 Å². The molecule has 0 spiro atoms. The molecule has 150 valence electrons. The van der Waals surface area contributed by atoms with Gasteiger partial charge in [0.2, 0.25) is 0 Å². The van der Waals surface area contributed by atoms with E-state index in [9.17, 15) is 9.90 Å². The topological polar surface area (TPSA) is 62.7 Å². The van der Waals surface area contributed by atoms with Gasteiger partial charge < -0.3 is 14.7 Å². The summed E-state index contributed by atoms with van der Waals surface area (Å²) in [4.78, 5) is 18.2. The number of pyridine rings is 1. The molecule has 4 aromatic rings. The van der Waals surface area contributed by atoms with Crippen molar-refractivity contribution in [1.82, 2.24) is 4.98 Å². The number of hydrogen-bond acceptors (Lipinski definition) is 4. The summed E-state index contributed by atoms with van der Waals surface area (Å²) < 4.78 is 6.03. The van der Waals surface area contributed by atoms with E-state index in [4.69, 9.17) is 4.74 Å². The second-order valence-electron chi connectivity index (χ2n) is 7.10. The highest BCUT2D eigenvalue weighted by molar-refractivity contribution is 5.98. The Morgan fingerprint density at radius 2 is 1.60 bits per heavy atom. The van der Waals surface area contributed by atoms with Crippen molar-refractivity contribution < 1.29 is 14.6 Å². The lowest BCUT2D eigenvalue weighted by Crippen LogP contribution is -2.17. The van der Waals surface area contributed by atoms with Gasteiger partial charge in [0.15, 0.2) is 5.69 Å². The summed E-state index contributed by atoms with van der Waals surface area (Å²) in [6.07, 6.45) is 0. The molecule has 0 amide bonds. The smallest absolute Gasteiger partial charge is 0.354 e. The maximum Gasteiger partial charge on any atom is 0.354 e. The summed E-state index contributed by atoms with van der Waals surface area (Å²) in [5.74, 6) is -0.571. The lowest BCUT2D eigenvalue weighted by Gasteiger charge is -2.22. The van der Waals surface area contributed by atoms with E-state index in [0.29, 0.717) is 24.4 Å². The molecule has 3 aromatic carbocycles. The molecule has 0 aliphatic rings. The zero-order chi connectivity index (χ0) is 20.9. The van der Waals surface area contributed by atoms with Gasteiger partial charge in [-0.1, -0.05) is 66.7 Å². The van der Waals surface area contributed by atoms with E-state index in [-0.39, 0.29) is 5.69 Å². The van der Waals surface area contributed by atoms with E-state index in [1.165, 1.54) is 6.07 Å². The monoisotopic (exact) mass is 398 g/mol. The molecule has 1 aromatic heterocycles. The average molecular weight is 398 g/mol. The lowest BCUT2D eigenvalue weighted by atomic mass is 10.1. The Morgan fingerprint density at radius 1 is 0.933 bits per heavy atom. The summed E-state index contributed by atoms with van der Waals surface area (Å²) in [5, 5.41) is 10.4. The second-order valence-corrected chi connectivity index (χ2v) is 7.10. The number of para-hydroxylation sites is 1. The van der Waals surface area contributed by atoms with Crippen LogP contribution in [0.25, 0.3) is 10.9 Å². The van der Waals surface area contributed by atoms with Gasteiger partial charge in [0.1, 0.15) is 12.4 Å². The minimum Gasteiger partial charge on any atom is -0.488 e. The number of aromatic carboxylic acids is 1. The first-order chi connectivity index (χ1) is 14.6. The van der Waals surface area contributed by atoms with E-state index < -0.39 is 5.97 Å². The molecule has 0 bridgehead atoms. The Bertz CT molecular complexity index is 1160. The summed E-state index contributed by atoms with van der Waals surface area (Å²) >= 11 is 0. The highest BCUT2D eigenvalue weighted by atomic mass is 16.5. The van der Waals surface area contributed by atoms with Crippen LogP contribution in [0.5, 0.6) is 5.75 Å². The van der Waals surface area contributed by atoms with Crippen molar-refractivity contribution in [3.05, 3.63) is 102 Å². The number of anilines is 1. The van der Waals surface area contributed by atoms with Crippen molar-refractivity contribution in [2.24, 2.45) is 0 Å². The van der Waals surface area contributed by atoms with Crippen LogP contribution in [-0.4, -0.2) is 23.1 Å². The molecule has 0 saturated heterocycles. The fraction of sp³-hybridized carbons (Fsp3) is 0.120. The van der Waals surface area contributed by atoms with Gasteiger partial charge in [-0.25, -0.2) is 9.78 Å². The number of fused-ring (bicyclic) bond motifs is 1. The summed E-state index contributed by atoms with van der Waals surface area (Å²) in [6.45, 7) is 1.03. The molecule has 0 aliphatic heterocycles. The molecule has 4 rings (SSSR count). The van der Waals surface area contributed by atoms with Gasteiger partial charge in [-0.2, -0.15) is 0 Å². The van der Waals surface area contributed by atoms with Crippen molar-refractivity contribution in [2.75, 3.05) is 11.9 Å². The number of carboxylic acid groups (broad SMARTS) is 1. The zero-order valence-corrected chi connectivity index (χ0v) is 16.7. The number of rotatable bonds is 7. The van der Waals surface area contributed by atoms with Crippen LogP contribution in [0.1, 0.15) is 21.6 Å². The van der Waals surface area contributed by atoms with Gasteiger partial charge in [0.05, 0.1) is 11.2 Å². The molecule has 0 atom stereocenters. The molecular formula is C25H22N2O3. The number of aromatic nitrogens is 1. The molecule has 1 N–H and O–H groups in total. The van der Waals surface area contributed by atoms with E-state index in [1.54, 1.807) is 0 Å². The van der Waals surface area contributed by atoms with Gasteiger partial charge in [-0.05, 0) is 23.3 Å². The van der Waals surface area contributed by atoms with Crippen molar-refractivity contribution in [1.29, 1.82) is 0 Å². The Morgan fingerprint density at radius 3 is 2.27 bits per heavy atom. The van der Waals surface area contributed by atoms with E-state index >= 15 is 0 Å². The molecule has 5 heteroatoms. The third-order valence-electron chi connectivity index (χ3n) is 4.91. The molecule has 0 fully saturated rings. The van der Waals surface area contributed by atoms with Crippen molar-refractivity contribution in [2.45, 2.75) is 13.2 Å². The second kappa shape index (κ2) is 8.66. The number of carbonyl (C=O) groups is 1. The van der Waals surface area contributed by atoms with Gasteiger partial charge in [0.25, 0.3) is 0 Å². The molecule has 0 aliphatic carbocycles. The molecule has 30 heavy (non-hydrogen) atoms. The van der Waals surface area contributed by atoms with Crippen LogP contribution in [0.15, 0.2) is 84.9 Å². The average Bonchev–Trinajstić information content (AvgIpc) is 2.78. The van der Waals surface area contributed by atoms with Crippen molar-refractivity contribution in [3.8, 4) is 5.75 Å². The highest BCUT2D eigenvalue weighted by Gasteiger charge is 2.16. The summed E-state index contributed by atoms with van der Waals surface area (Å²) in [7, 11) is 1.97. The Kier molecular flexibility index (Phi) is 5.61. The van der Waals surface area contributed by atoms with Crippen LogP contribution in [0.3, 0.4) is 0 Å². The quantitative estimate of drug-likeness (QED) is 0.467. The fourth-order valence-corrected chi connectivity index (χ4v) is 3.42. The Balaban J connectivity index is 1.73. The summed E-state index contributed by atoms with van der Waals surface area (Å²) in [6, 6.07) is 27.2. The molecule has 0 unspecified atom stereocenters. The Labute approximate surface area is 175 Å². The van der Waals surface area contributed by atoms with Crippen LogP contribution >= 0.6 is 0 Å².